The number of hydrogen-bond acceptors (Lipinski definition) is 4. The topological polar surface area (TPSA) is 36.9 Å². The SMILES string of the molecule is CCCO[Si](C)(CC[Si](C)(OC(C)C)OC(C)C)OCCC. The van der Waals surface area contributed by atoms with Crippen LogP contribution in [0.1, 0.15) is 54.4 Å². The van der Waals surface area contributed by atoms with Gasteiger partial charge in [-0.1, -0.05) is 13.8 Å². The highest BCUT2D eigenvalue weighted by Gasteiger charge is 2.40. The Morgan fingerprint density at radius 2 is 1.05 bits per heavy atom. The largest absolute Gasteiger partial charge is 0.394 e. The second-order valence-corrected chi connectivity index (χ2v) is 13.4. The van der Waals surface area contributed by atoms with E-state index in [9.17, 15) is 0 Å². The van der Waals surface area contributed by atoms with Crippen LogP contribution in [0.2, 0.25) is 25.2 Å². The lowest BCUT2D eigenvalue weighted by molar-refractivity contribution is 0.108. The summed E-state index contributed by atoms with van der Waals surface area (Å²) in [6.07, 6.45) is 2.43. The van der Waals surface area contributed by atoms with Crippen LogP contribution < -0.4 is 0 Å². The zero-order chi connectivity index (χ0) is 17.2. The first-order valence-corrected chi connectivity index (χ1v) is 13.8. The summed E-state index contributed by atoms with van der Waals surface area (Å²) >= 11 is 0. The first-order valence-electron chi connectivity index (χ1n) is 8.80. The van der Waals surface area contributed by atoms with Crippen molar-refractivity contribution in [2.75, 3.05) is 13.2 Å². The van der Waals surface area contributed by atoms with Crippen LogP contribution in [0.3, 0.4) is 0 Å². The van der Waals surface area contributed by atoms with E-state index in [0.717, 1.165) is 38.1 Å². The van der Waals surface area contributed by atoms with Crippen LogP contribution in [0.25, 0.3) is 0 Å². The average molecular weight is 351 g/mol. The van der Waals surface area contributed by atoms with Crippen molar-refractivity contribution in [2.24, 2.45) is 0 Å². The molecular formula is C16H38O4Si2. The Hall–Kier alpha value is 0.274. The molecule has 0 heterocycles. The molecule has 0 rings (SSSR count). The maximum absolute atomic E-state index is 6.18. The van der Waals surface area contributed by atoms with Crippen LogP contribution in [0.4, 0.5) is 0 Å². The van der Waals surface area contributed by atoms with Crippen LogP contribution >= 0.6 is 0 Å². The smallest absolute Gasteiger partial charge is 0.335 e. The minimum Gasteiger partial charge on any atom is -0.394 e. The van der Waals surface area contributed by atoms with Crippen molar-refractivity contribution in [3.8, 4) is 0 Å². The molecule has 0 spiro atoms. The third-order valence-corrected chi connectivity index (χ3v) is 9.61. The average Bonchev–Trinajstić information content (AvgIpc) is 2.39. The first kappa shape index (κ1) is 22.3. The van der Waals surface area contributed by atoms with Gasteiger partial charge in [0.15, 0.2) is 0 Å². The molecule has 0 saturated heterocycles. The normalized spacial score (nSPS) is 13.4. The molecule has 0 bridgehead atoms. The molecule has 0 saturated carbocycles. The lowest BCUT2D eigenvalue weighted by Gasteiger charge is -2.34. The van der Waals surface area contributed by atoms with Crippen molar-refractivity contribution in [3.05, 3.63) is 0 Å². The van der Waals surface area contributed by atoms with Crippen molar-refractivity contribution in [1.82, 2.24) is 0 Å². The van der Waals surface area contributed by atoms with Crippen molar-refractivity contribution in [1.29, 1.82) is 0 Å². The Bertz CT molecular complexity index is 267. The quantitative estimate of drug-likeness (QED) is 0.446. The Morgan fingerprint density at radius 1 is 0.682 bits per heavy atom. The number of rotatable bonds is 13. The van der Waals surface area contributed by atoms with Crippen LogP contribution in [-0.2, 0) is 17.7 Å². The van der Waals surface area contributed by atoms with E-state index < -0.39 is 17.1 Å². The van der Waals surface area contributed by atoms with Gasteiger partial charge in [0.05, 0.1) is 0 Å². The van der Waals surface area contributed by atoms with Gasteiger partial charge in [0.25, 0.3) is 0 Å². The fourth-order valence-electron chi connectivity index (χ4n) is 2.42. The van der Waals surface area contributed by atoms with E-state index in [2.05, 4.69) is 54.6 Å². The highest BCUT2D eigenvalue weighted by molar-refractivity contribution is 6.71. The summed E-state index contributed by atoms with van der Waals surface area (Å²) in [6, 6.07) is 1.87. The molecule has 0 aliphatic heterocycles. The van der Waals surface area contributed by atoms with Crippen LogP contribution in [0.15, 0.2) is 0 Å². The lowest BCUT2D eigenvalue weighted by atomic mass is 10.5. The van der Waals surface area contributed by atoms with Gasteiger partial charge in [-0.3, -0.25) is 0 Å². The van der Waals surface area contributed by atoms with Crippen molar-refractivity contribution >= 4 is 17.1 Å². The summed E-state index contributed by atoms with van der Waals surface area (Å²) in [4.78, 5) is 0. The van der Waals surface area contributed by atoms with Crippen molar-refractivity contribution < 1.29 is 17.7 Å². The second-order valence-electron chi connectivity index (χ2n) is 6.80. The maximum Gasteiger partial charge on any atom is 0.335 e. The lowest BCUT2D eigenvalue weighted by Crippen LogP contribution is -2.47. The van der Waals surface area contributed by atoms with E-state index in [-0.39, 0.29) is 12.2 Å². The molecule has 0 aliphatic carbocycles. The molecule has 0 radical (unpaired) electrons. The molecule has 4 nitrogen and oxygen atoms in total. The van der Waals surface area contributed by atoms with E-state index in [1.807, 2.05) is 0 Å². The minimum absolute atomic E-state index is 0.191. The van der Waals surface area contributed by atoms with E-state index in [4.69, 9.17) is 17.7 Å². The molecular weight excluding hydrogens is 312 g/mol. The van der Waals surface area contributed by atoms with E-state index in [0.29, 0.717) is 0 Å². The summed E-state index contributed by atoms with van der Waals surface area (Å²) < 4.78 is 24.6. The van der Waals surface area contributed by atoms with E-state index in [1.165, 1.54) is 0 Å². The van der Waals surface area contributed by atoms with Gasteiger partial charge in [-0.15, -0.1) is 0 Å². The molecule has 0 unspecified atom stereocenters. The van der Waals surface area contributed by atoms with Crippen LogP contribution in [0.5, 0.6) is 0 Å². The molecule has 6 heteroatoms. The van der Waals surface area contributed by atoms with Crippen LogP contribution in [-0.4, -0.2) is 42.5 Å². The Morgan fingerprint density at radius 3 is 1.36 bits per heavy atom. The molecule has 0 atom stereocenters. The zero-order valence-corrected chi connectivity index (χ0v) is 18.0. The molecule has 0 aromatic carbocycles. The van der Waals surface area contributed by atoms with Gasteiger partial charge in [0.2, 0.25) is 0 Å². The van der Waals surface area contributed by atoms with Gasteiger partial charge < -0.3 is 17.7 Å². The molecule has 0 fully saturated rings. The van der Waals surface area contributed by atoms with Crippen molar-refractivity contribution in [3.63, 3.8) is 0 Å². The monoisotopic (exact) mass is 350 g/mol. The Labute approximate surface area is 140 Å². The number of hydrogen-bond donors (Lipinski definition) is 0. The summed E-state index contributed by atoms with van der Waals surface area (Å²) in [7, 11) is -4.32. The third-order valence-electron chi connectivity index (χ3n) is 3.23. The molecule has 0 aliphatic rings. The summed E-state index contributed by atoms with van der Waals surface area (Å²) in [5.41, 5.74) is 0. The fraction of sp³-hybridized carbons (Fsp3) is 1.00. The Kier molecular flexibility index (Phi) is 11.1. The van der Waals surface area contributed by atoms with Gasteiger partial charge in [0, 0.05) is 25.4 Å². The summed E-state index contributed by atoms with van der Waals surface area (Å²) in [5, 5.41) is 0. The highest BCUT2D eigenvalue weighted by Crippen LogP contribution is 2.26. The zero-order valence-electron chi connectivity index (χ0n) is 16.0. The molecule has 0 aromatic rings. The Balaban J connectivity index is 4.77. The van der Waals surface area contributed by atoms with Gasteiger partial charge in [-0.25, -0.2) is 0 Å². The summed E-state index contributed by atoms with van der Waals surface area (Å²) in [5.74, 6) is 0. The predicted octanol–water partition coefficient (Wildman–Crippen LogP) is 4.83. The minimum atomic E-state index is -2.19. The maximum atomic E-state index is 6.18. The highest BCUT2D eigenvalue weighted by atomic mass is 28.4. The standard InChI is InChI=1S/C16H38O4Si2/c1-9-11-17-21(7,18-12-10-2)13-14-22(8,19-15(3)4)20-16(5)6/h15-16H,9-14H2,1-8H3. The first-order chi connectivity index (χ1) is 10.2. The van der Waals surface area contributed by atoms with Crippen molar-refractivity contribution in [2.45, 2.75) is 91.8 Å². The van der Waals surface area contributed by atoms with Gasteiger partial charge >= 0.3 is 17.1 Å². The third kappa shape index (κ3) is 10.1. The van der Waals surface area contributed by atoms with Gasteiger partial charge in [0.1, 0.15) is 0 Å². The molecule has 0 aromatic heterocycles. The molecule has 134 valence electrons. The predicted molar refractivity (Wildman–Crippen MR) is 97.8 cm³/mol. The van der Waals surface area contributed by atoms with Crippen LogP contribution in [0, 0.1) is 0 Å². The molecule has 22 heavy (non-hydrogen) atoms. The van der Waals surface area contributed by atoms with Gasteiger partial charge in [-0.2, -0.15) is 0 Å². The molecule has 0 N–H and O–H groups in total. The van der Waals surface area contributed by atoms with Gasteiger partial charge in [-0.05, 0) is 65.7 Å². The summed E-state index contributed by atoms with van der Waals surface area (Å²) in [6.45, 7) is 18.5. The van der Waals surface area contributed by atoms with E-state index >= 15 is 0 Å². The fourth-order valence-corrected chi connectivity index (χ4v) is 9.98. The second kappa shape index (κ2) is 10.9. The molecule has 0 amide bonds. The van der Waals surface area contributed by atoms with E-state index in [1.54, 1.807) is 0 Å².